The molecule has 47 heteroatoms. The summed E-state index contributed by atoms with van der Waals surface area (Å²) < 4.78 is 246. The molecular formula is C42H28N12O28S7. The second kappa shape index (κ2) is 22.7. The fourth-order valence-corrected chi connectivity index (χ4v) is 12.5. The van der Waals surface area contributed by atoms with E-state index in [4.69, 9.17) is 5.73 Å². The molecule has 0 aliphatic carbocycles. The average molecular weight is 1370 g/mol. The van der Waals surface area contributed by atoms with Crippen LogP contribution in [0.3, 0.4) is 0 Å². The maximum Gasteiger partial charge on any atom is 0.358 e. The first kappa shape index (κ1) is 65.1. The summed E-state index contributed by atoms with van der Waals surface area (Å²) in [6.07, 6.45) is 0. The van der Waals surface area contributed by atoms with Crippen molar-refractivity contribution in [1.29, 1.82) is 0 Å². The minimum atomic E-state index is -5.80. The minimum absolute atomic E-state index is 0.204. The van der Waals surface area contributed by atoms with Crippen molar-refractivity contribution in [1.82, 2.24) is 9.78 Å². The Morgan fingerprint density at radius 1 is 0.472 bits per heavy atom. The van der Waals surface area contributed by atoms with Crippen LogP contribution in [0.5, 0.6) is 17.4 Å². The molecule has 89 heavy (non-hydrogen) atoms. The van der Waals surface area contributed by atoms with Gasteiger partial charge in [-0.1, -0.05) is 0 Å². The largest absolute Gasteiger partial charge is 0.505 e. The number of carboxylic acid groups (broad SMARTS) is 1. The Bertz CT molecular complexity index is 5450. The minimum Gasteiger partial charge on any atom is -0.505 e. The Labute approximate surface area is 494 Å². The second-order valence-electron chi connectivity index (χ2n) is 17.3. The number of rotatable bonds is 18. The number of benzene rings is 7. The lowest BCUT2D eigenvalue weighted by molar-refractivity contribution is -0.385. The van der Waals surface area contributed by atoms with Crippen molar-refractivity contribution < 1.29 is 121 Å². The predicted octanol–water partition coefficient (Wildman–Crippen LogP) is 6.87. The van der Waals surface area contributed by atoms with E-state index in [1.165, 1.54) is 0 Å². The lowest BCUT2D eigenvalue weighted by Gasteiger charge is -2.15. The van der Waals surface area contributed by atoms with Gasteiger partial charge in [-0.05, 0) is 78.9 Å². The maximum atomic E-state index is 13.1. The number of aromatic nitrogens is 2. The first-order valence-electron chi connectivity index (χ1n) is 22.4. The van der Waals surface area contributed by atoms with Crippen LogP contribution in [0.15, 0.2) is 166 Å². The molecule has 0 saturated carbocycles. The molecule has 0 radical (unpaired) electrons. The molecule has 0 unspecified atom stereocenters. The zero-order valence-electron chi connectivity index (χ0n) is 42.4. The summed E-state index contributed by atoms with van der Waals surface area (Å²) in [5.74, 6) is -5.92. The van der Waals surface area contributed by atoms with Crippen molar-refractivity contribution in [2.75, 3.05) is 5.73 Å². The molecule has 0 atom stereocenters. The smallest absolute Gasteiger partial charge is 0.358 e. The number of carbonyl (C=O) groups is 1. The number of carboxylic acids is 1. The Morgan fingerprint density at radius 3 is 1.46 bits per heavy atom. The topological polar surface area (TPSA) is 664 Å². The molecule has 8 rings (SSSR count). The standard InChI is InChI=1S/C42H28N12O28S7/c43-33-26(15-27(84(65,66)67)22-14-31(88(77,78)79)35(39(56)32(22)33)50-45-24-9-4-18(54(60)61)12-29(24)86(71,72)73)48-47-25-10-7-20-21(40(25)89(80,81)82)13-30(87(74,75)76)34(38(20)55)49-44-16-1-8-23(28(11-16)85(68,69)70)46-51-36-37(42(58)59)52-53(41(36)57)17-2-5-19(6-3-17)83(62,63)64/h1-15,55-57H,43H2,(H,58,59)(H,62,63,64)(H,65,66,67)(H,68,69,70)(H,71,72,73)(H,74,75,76)(H,77,78,79)(H,80,81,82). The summed E-state index contributed by atoms with van der Waals surface area (Å²) in [7, 11) is -38.5. The molecule has 0 amide bonds. The predicted molar refractivity (Wildman–Crippen MR) is 293 cm³/mol. The van der Waals surface area contributed by atoms with E-state index in [0.29, 0.717) is 35.0 Å². The molecule has 1 aromatic heterocycles. The summed E-state index contributed by atoms with van der Waals surface area (Å²) in [6.45, 7) is 0. The fourth-order valence-electron chi connectivity index (χ4n) is 7.88. The number of hydrogen-bond donors (Lipinski definition) is 12. The number of nitrogens with two attached hydrogens (primary N) is 1. The average Bonchev–Trinajstić information content (AvgIpc) is 1.35. The molecule has 0 saturated heterocycles. The highest BCUT2D eigenvalue weighted by atomic mass is 32.2. The SMILES string of the molecule is Nc1c(N=Nc2ccc3c(O)c(N=Nc4ccc(N=Nc5c(C(=O)O)nn(-c6ccc(S(=O)(=O)O)cc6)c5O)c(S(=O)(=O)O)c4)c(S(=O)(=O)O)cc3c2S(=O)(=O)O)cc(S(=O)(=O)O)c2cc(S(=O)(=O)O)c(N=Nc3ccc([N+](=O)[O-])cc3S(=O)(=O)O)c(O)c12. The molecule has 0 bridgehead atoms. The monoisotopic (exact) mass is 1370 g/mol. The van der Waals surface area contributed by atoms with Gasteiger partial charge in [0.05, 0.1) is 32.3 Å². The number of aromatic hydroxyl groups is 3. The van der Waals surface area contributed by atoms with E-state index in [-0.39, 0.29) is 23.9 Å². The van der Waals surface area contributed by atoms with Crippen LogP contribution < -0.4 is 5.73 Å². The van der Waals surface area contributed by atoms with Gasteiger partial charge in [-0.3, -0.25) is 42.0 Å². The van der Waals surface area contributed by atoms with Gasteiger partial charge in [0.2, 0.25) is 11.6 Å². The highest BCUT2D eigenvalue weighted by Gasteiger charge is 2.32. The van der Waals surface area contributed by atoms with Crippen LogP contribution in [0.4, 0.5) is 56.9 Å². The van der Waals surface area contributed by atoms with Gasteiger partial charge in [0.1, 0.15) is 63.5 Å². The number of phenols is 2. The Morgan fingerprint density at radius 2 is 0.944 bits per heavy atom. The molecule has 13 N–H and O–H groups in total. The third-order valence-corrected chi connectivity index (χ3v) is 17.9. The van der Waals surface area contributed by atoms with Gasteiger partial charge < -0.3 is 26.2 Å². The molecule has 1 heterocycles. The first-order chi connectivity index (χ1) is 40.9. The van der Waals surface area contributed by atoms with Gasteiger partial charge in [-0.15, -0.1) is 35.8 Å². The lowest BCUT2D eigenvalue weighted by Crippen LogP contribution is -2.04. The van der Waals surface area contributed by atoms with E-state index in [9.17, 15) is 126 Å². The molecule has 0 fully saturated rings. The van der Waals surface area contributed by atoms with Crippen molar-refractivity contribution >= 4 is 155 Å². The number of anilines is 1. The van der Waals surface area contributed by atoms with Crippen molar-refractivity contribution in [3.05, 3.63) is 107 Å². The summed E-state index contributed by atoms with van der Waals surface area (Å²) >= 11 is 0. The van der Waals surface area contributed by atoms with Gasteiger partial charge in [0, 0.05) is 28.3 Å². The van der Waals surface area contributed by atoms with Crippen molar-refractivity contribution in [2.24, 2.45) is 40.9 Å². The first-order valence-corrected chi connectivity index (χ1v) is 32.5. The Kier molecular flexibility index (Phi) is 16.6. The van der Waals surface area contributed by atoms with E-state index in [1.807, 2.05) is 0 Å². The number of azo groups is 4. The van der Waals surface area contributed by atoms with Gasteiger partial charge in [-0.2, -0.15) is 73.8 Å². The number of phenolic OH excluding ortho intramolecular Hbond substituents is 2. The van der Waals surface area contributed by atoms with Crippen molar-refractivity contribution in [3.8, 4) is 23.1 Å². The van der Waals surface area contributed by atoms with Crippen molar-refractivity contribution in [3.63, 3.8) is 0 Å². The van der Waals surface area contributed by atoms with Gasteiger partial charge >= 0.3 is 5.97 Å². The second-order valence-corrected chi connectivity index (χ2v) is 27.0. The number of non-ortho nitro benzene ring substituents is 1. The number of aromatic carboxylic acids is 1. The molecule has 0 aliphatic heterocycles. The zero-order chi connectivity index (χ0) is 66.2. The third-order valence-electron chi connectivity index (χ3n) is 11.7. The summed E-state index contributed by atoms with van der Waals surface area (Å²) in [5, 5.41) is 82.7. The quantitative estimate of drug-likeness (QED) is 0.0137. The fraction of sp³-hybridized carbons (Fsp3) is 0. The zero-order valence-corrected chi connectivity index (χ0v) is 48.1. The molecule has 7 aromatic carbocycles. The normalized spacial score (nSPS) is 13.2. The van der Waals surface area contributed by atoms with Crippen LogP contribution >= 0.6 is 0 Å². The van der Waals surface area contributed by atoms with Crippen LogP contribution in [0.1, 0.15) is 10.5 Å². The number of nitrogen functional groups attached to an aromatic ring is 1. The molecular weight excluding hydrogens is 1340 g/mol. The summed E-state index contributed by atoms with van der Waals surface area (Å²) in [6, 6.07) is 9.27. The summed E-state index contributed by atoms with van der Waals surface area (Å²) in [4.78, 5) is 13.1. The van der Waals surface area contributed by atoms with Crippen LogP contribution in [-0.2, 0) is 70.8 Å². The molecule has 40 nitrogen and oxygen atoms in total. The van der Waals surface area contributed by atoms with Crippen LogP contribution in [-0.4, -0.2) is 132 Å². The van der Waals surface area contributed by atoms with Crippen LogP contribution in [0.25, 0.3) is 27.2 Å². The van der Waals surface area contributed by atoms with Crippen LogP contribution in [0, 0.1) is 10.1 Å². The third kappa shape index (κ3) is 13.2. The van der Waals surface area contributed by atoms with E-state index >= 15 is 0 Å². The number of nitro groups is 1. The van der Waals surface area contributed by atoms with E-state index < -0.39 is 217 Å². The highest BCUT2D eigenvalue weighted by molar-refractivity contribution is 7.87. The Hall–Kier alpha value is -9.89. The number of fused-ring (bicyclic) bond motifs is 2. The maximum absolute atomic E-state index is 13.1. The van der Waals surface area contributed by atoms with Crippen LogP contribution in [0.2, 0.25) is 0 Å². The highest BCUT2D eigenvalue weighted by Crippen LogP contribution is 2.50. The lowest BCUT2D eigenvalue weighted by atomic mass is 10.0. The number of nitro benzene ring substituents is 1. The Balaban J connectivity index is 1.23. The molecule has 466 valence electrons. The summed E-state index contributed by atoms with van der Waals surface area (Å²) in [5.41, 5.74) is -5.23. The van der Waals surface area contributed by atoms with Gasteiger partial charge in [0.15, 0.2) is 17.2 Å². The van der Waals surface area contributed by atoms with E-state index in [0.717, 1.165) is 42.5 Å². The molecule has 8 aromatic rings. The van der Waals surface area contributed by atoms with E-state index in [2.05, 4.69) is 46.0 Å². The van der Waals surface area contributed by atoms with Crippen molar-refractivity contribution in [2.45, 2.75) is 34.3 Å². The molecule has 0 aliphatic rings. The molecule has 0 spiro atoms. The van der Waals surface area contributed by atoms with Gasteiger partial charge in [-0.25, -0.2) is 4.79 Å². The number of nitrogens with zero attached hydrogens (tertiary/aromatic N) is 11. The van der Waals surface area contributed by atoms with E-state index in [1.54, 1.807) is 0 Å². The van der Waals surface area contributed by atoms with Gasteiger partial charge in [0.25, 0.3) is 76.5 Å². The number of hydrogen-bond acceptors (Lipinski definition) is 30.